The van der Waals surface area contributed by atoms with Crippen molar-refractivity contribution < 1.29 is 0 Å². The molecular formula is C10H17N. The summed E-state index contributed by atoms with van der Waals surface area (Å²) in [5.74, 6) is 3.34. The second-order valence-electron chi connectivity index (χ2n) is 4.60. The van der Waals surface area contributed by atoms with Crippen molar-refractivity contribution in [1.29, 1.82) is 0 Å². The first-order chi connectivity index (χ1) is 5.45. The second kappa shape index (κ2) is 2.22. The molecule has 1 heterocycles. The number of rotatable bonds is 0. The fraction of sp³-hybridized carbons (Fsp3) is 1.00. The minimum Gasteiger partial charge on any atom is -0.314 e. The van der Waals surface area contributed by atoms with Crippen LogP contribution in [0.15, 0.2) is 0 Å². The maximum absolute atomic E-state index is 3.68. The molecule has 62 valence electrons. The smallest absolute Gasteiger partial charge is 0.0101 e. The minimum atomic E-state index is 0.932. The van der Waals surface area contributed by atoms with Crippen LogP contribution in [0.3, 0.4) is 0 Å². The van der Waals surface area contributed by atoms with Gasteiger partial charge in [-0.1, -0.05) is 6.42 Å². The Balaban J connectivity index is 1.88. The Hall–Kier alpha value is -0.0400. The van der Waals surface area contributed by atoms with Gasteiger partial charge in [0.05, 0.1) is 0 Å². The van der Waals surface area contributed by atoms with Gasteiger partial charge in [-0.2, -0.15) is 0 Å². The first-order valence-corrected chi connectivity index (χ1v) is 5.18. The summed E-state index contributed by atoms with van der Waals surface area (Å²) in [6.45, 7) is 1.31. The summed E-state index contributed by atoms with van der Waals surface area (Å²) in [4.78, 5) is 0. The average Bonchev–Trinajstić information content (AvgIpc) is 2.58. The summed E-state index contributed by atoms with van der Waals surface area (Å²) in [5.41, 5.74) is 0. The van der Waals surface area contributed by atoms with Gasteiger partial charge in [-0.15, -0.1) is 0 Å². The lowest BCUT2D eigenvalue weighted by molar-refractivity contribution is 0.334. The van der Waals surface area contributed by atoms with Crippen LogP contribution in [0.5, 0.6) is 0 Å². The summed E-state index contributed by atoms with van der Waals surface area (Å²) in [5, 5.41) is 3.68. The maximum Gasteiger partial charge on any atom is 0.0101 e. The molecule has 1 saturated heterocycles. The number of fused-ring (bicyclic) bond motifs is 5. The van der Waals surface area contributed by atoms with Crippen LogP contribution in [0.4, 0.5) is 0 Å². The standard InChI is InChI=1S/C10H17N/c1-2-8-7-4-5-11-10(6-7)9(8)3-1/h7-11H,1-6H2. The van der Waals surface area contributed by atoms with E-state index >= 15 is 0 Å². The van der Waals surface area contributed by atoms with Gasteiger partial charge in [0.1, 0.15) is 0 Å². The normalized spacial score (nSPS) is 54.5. The Kier molecular flexibility index (Phi) is 1.31. The molecule has 0 aromatic carbocycles. The minimum absolute atomic E-state index is 0.932. The molecule has 0 spiro atoms. The van der Waals surface area contributed by atoms with Gasteiger partial charge >= 0.3 is 0 Å². The van der Waals surface area contributed by atoms with E-state index in [1.807, 2.05) is 0 Å². The summed E-state index contributed by atoms with van der Waals surface area (Å²) in [7, 11) is 0. The third kappa shape index (κ3) is 0.807. The zero-order valence-electron chi connectivity index (χ0n) is 7.05. The van der Waals surface area contributed by atoms with E-state index in [4.69, 9.17) is 0 Å². The van der Waals surface area contributed by atoms with Crippen LogP contribution in [-0.4, -0.2) is 12.6 Å². The Morgan fingerprint density at radius 2 is 1.91 bits per heavy atom. The van der Waals surface area contributed by atoms with Gasteiger partial charge in [-0.25, -0.2) is 0 Å². The third-order valence-electron chi connectivity index (χ3n) is 4.23. The number of nitrogens with one attached hydrogen (secondary N) is 1. The first-order valence-electron chi connectivity index (χ1n) is 5.18. The molecule has 1 heteroatoms. The number of hydrogen-bond donors (Lipinski definition) is 1. The Bertz CT molecular complexity index is 150. The topological polar surface area (TPSA) is 12.0 Å². The van der Waals surface area contributed by atoms with Crippen molar-refractivity contribution in [3.63, 3.8) is 0 Å². The van der Waals surface area contributed by atoms with E-state index in [9.17, 15) is 0 Å². The lowest BCUT2D eigenvalue weighted by Crippen LogP contribution is -2.35. The van der Waals surface area contributed by atoms with Gasteiger partial charge in [0.25, 0.3) is 0 Å². The molecule has 3 aliphatic rings. The molecular weight excluding hydrogens is 134 g/mol. The van der Waals surface area contributed by atoms with Crippen molar-refractivity contribution in [1.82, 2.24) is 5.32 Å². The van der Waals surface area contributed by atoms with E-state index in [1.165, 1.54) is 32.2 Å². The molecule has 2 aliphatic carbocycles. The Labute approximate surface area is 68.6 Å². The van der Waals surface area contributed by atoms with Crippen molar-refractivity contribution in [2.45, 2.75) is 38.1 Å². The third-order valence-corrected chi connectivity index (χ3v) is 4.23. The lowest BCUT2D eigenvalue weighted by atomic mass is 9.90. The molecule has 1 nitrogen and oxygen atoms in total. The average molecular weight is 151 g/mol. The molecule has 0 amide bonds. The summed E-state index contributed by atoms with van der Waals surface area (Å²) in [6.07, 6.45) is 7.57. The second-order valence-corrected chi connectivity index (χ2v) is 4.60. The van der Waals surface area contributed by atoms with Gasteiger partial charge in [-0.05, 0) is 50.0 Å². The Morgan fingerprint density at radius 1 is 1.00 bits per heavy atom. The fourth-order valence-electron chi connectivity index (χ4n) is 3.80. The van der Waals surface area contributed by atoms with E-state index < -0.39 is 0 Å². The molecule has 1 N–H and O–H groups in total. The van der Waals surface area contributed by atoms with Crippen molar-refractivity contribution in [3.8, 4) is 0 Å². The highest BCUT2D eigenvalue weighted by Crippen LogP contribution is 2.50. The summed E-state index contributed by atoms with van der Waals surface area (Å²) >= 11 is 0. The van der Waals surface area contributed by atoms with Gasteiger partial charge in [0.2, 0.25) is 0 Å². The van der Waals surface area contributed by atoms with Crippen LogP contribution in [0.2, 0.25) is 0 Å². The van der Waals surface area contributed by atoms with E-state index in [0.29, 0.717) is 0 Å². The van der Waals surface area contributed by atoms with Crippen molar-refractivity contribution in [2.24, 2.45) is 17.8 Å². The molecule has 3 fully saturated rings. The van der Waals surface area contributed by atoms with Crippen LogP contribution in [0.1, 0.15) is 32.1 Å². The highest BCUT2D eigenvalue weighted by molar-refractivity contribution is 5.00. The van der Waals surface area contributed by atoms with Gasteiger partial charge in [0.15, 0.2) is 0 Å². The van der Waals surface area contributed by atoms with Gasteiger partial charge in [0, 0.05) is 6.04 Å². The molecule has 0 radical (unpaired) electrons. The lowest BCUT2D eigenvalue weighted by Gasteiger charge is -2.22. The monoisotopic (exact) mass is 151 g/mol. The first kappa shape index (κ1) is 6.47. The molecule has 1 aliphatic heterocycles. The highest BCUT2D eigenvalue weighted by Gasteiger charge is 2.46. The molecule has 0 aromatic rings. The molecule has 2 saturated carbocycles. The molecule has 11 heavy (non-hydrogen) atoms. The van der Waals surface area contributed by atoms with E-state index in [-0.39, 0.29) is 0 Å². The van der Waals surface area contributed by atoms with Gasteiger partial charge < -0.3 is 5.32 Å². The number of hydrogen-bond acceptors (Lipinski definition) is 1. The van der Waals surface area contributed by atoms with Crippen molar-refractivity contribution >= 4 is 0 Å². The molecule has 3 rings (SSSR count). The highest BCUT2D eigenvalue weighted by atomic mass is 15.0. The quantitative estimate of drug-likeness (QED) is 0.556. The van der Waals surface area contributed by atoms with Crippen LogP contribution in [-0.2, 0) is 0 Å². The number of piperidine rings is 1. The van der Waals surface area contributed by atoms with Crippen LogP contribution < -0.4 is 5.32 Å². The van der Waals surface area contributed by atoms with Crippen LogP contribution >= 0.6 is 0 Å². The predicted molar refractivity (Wildman–Crippen MR) is 45.3 cm³/mol. The van der Waals surface area contributed by atoms with Crippen molar-refractivity contribution in [2.75, 3.05) is 6.54 Å². The summed E-state index contributed by atoms with van der Waals surface area (Å²) in [6, 6.07) is 0.932. The zero-order valence-corrected chi connectivity index (χ0v) is 7.05. The van der Waals surface area contributed by atoms with Gasteiger partial charge in [-0.3, -0.25) is 0 Å². The molecule has 4 unspecified atom stereocenters. The van der Waals surface area contributed by atoms with Crippen LogP contribution in [0, 0.1) is 17.8 Å². The van der Waals surface area contributed by atoms with Crippen LogP contribution in [0.25, 0.3) is 0 Å². The SMILES string of the molecule is C1CC2C3CCNC(C3)C2C1. The molecule has 4 atom stereocenters. The van der Waals surface area contributed by atoms with E-state index in [0.717, 1.165) is 23.8 Å². The van der Waals surface area contributed by atoms with E-state index in [1.54, 1.807) is 6.42 Å². The zero-order chi connectivity index (χ0) is 7.26. The Morgan fingerprint density at radius 3 is 2.91 bits per heavy atom. The fourth-order valence-corrected chi connectivity index (χ4v) is 3.80. The molecule has 2 bridgehead atoms. The summed E-state index contributed by atoms with van der Waals surface area (Å²) < 4.78 is 0. The van der Waals surface area contributed by atoms with E-state index in [2.05, 4.69) is 5.32 Å². The molecule has 0 aromatic heterocycles. The maximum atomic E-state index is 3.68. The predicted octanol–water partition coefficient (Wildman–Crippen LogP) is 1.78. The van der Waals surface area contributed by atoms with Crippen molar-refractivity contribution in [3.05, 3.63) is 0 Å². The largest absolute Gasteiger partial charge is 0.314 e.